The van der Waals surface area contributed by atoms with E-state index in [4.69, 9.17) is 0 Å². The van der Waals surface area contributed by atoms with Crippen molar-refractivity contribution in [3.8, 4) is 0 Å². The topological polar surface area (TPSA) is 66.5 Å². The van der Waals surface area contributed by atoms with Crippen LogP contribution in [0.15, 0.2) is 48.5 Å². The normalized spacial score (nSPS) is 20.2. The Kier molecular flexibility index (Phi) is 4.46. The third-order valence-corrected chi connectivity index (χ3v) is 6.66. The molecule has 142 valence electrons. The Morgan fingerprint density at radius 3 is 2.48 bits per heavy atom. The summed E-state index contributed by atoms with van der Waals surface area (Å²) in [7, 11) is -3.32. The van der Waals surface area contributed by atoms with Gasteiger partial charge in [-0.3, -0.25) is 9.10 Å². The number of benzene rings is 2. The largest absolute Gasteiger partial charge is 0.345 e. The van der Waals surface area contributed by atoms with Gasteiger partial charge in [0.15, 0.2) is 0 Å². The van der Waals surface area contributed by atoms with Gasteiger partial charge in [-0.1, -0.05) is 30.3 Å². The second kappa shape index (κ2) is 6.68. The monoisotopic (exact) mass is 384 g/mol. The number of rotatable bonds is 5. The molecule has 6 heteroatoms. The molecular weight excluding hydrogens is 360 g/mol. The number of hydrogen-bond acceptors (Lipinski definition) is 3. The molecule has 2 aliphatic rings. The predicted octanol–water partition coefficient (Wildman–Crippen LogP) is 3.28. The molecule has 2 atom stereocenters. The summed E-state index contributed by atoms with van der Waals surface area (Å²) in [5, 5.41) is 3.18. The van der Waals surface area contributed by atoms with Crippen LogP contribution in [-0.4, -0.2) is 26.6 Å². The molecule has 2 unspecified atom stereocenters. The number of carbonyl (C=O) groups is 1. The summed E-state index contributed by atoms with van der Waals surface area (Å²) in [6.45, 7) is 1.89. The molecule has 0 spiro atoms. The SMILES string of the molecule is CC1Cc2cc(C(=O)NC(c3ccccc3)C3CC3)ccc2N1S(C)(=O)=O. The lowest BCUT2D eigenvalue weighted by Gasteiger charge is -2.22. The fraction of sp³-hybridized carbons (Fsp3) is 0.381. The highest BCUT2D eigenvalue weighted by Crippen LogP contribution is 2.41. The number of hydrogen-bond donors (Lipinski definition) is 1. The lowest BCUT2D eigenvalue weighted by atomic mass is 10.0. The van der Waals surface area contributed by atoms with Crippen molar-refractivity contribution >= 4 is 21.6 Å². The van der Waals surface area contributed by atoms with Crippen molar-refractivity contribution in [2.24, 2.45) is 5.92 Å². The van der Waals surface area contributed by atoms with E-state index in [-0.39, 0.29) is 18.0 Å². The number of amides is 1. The zero-order valence-corrected chi connectivity index (χ0v) is 16.4. The highest BCUT2D eigenvalue weighted by Gasteiger charge is 2.35. The van der Waals surface area contributed by atoms with Gasteiger partial charge >= 0.3 is 0 Å². The van der Waals surface area contributed by atoms with Gasteiger partial charge in [0, 0.05) is 11.6 Å². The summed E-state index contributed by atoms with van der Waals surface area (Å²) in [5.74, 6) is 0.385. The molecule has 1 saturated carbocycles. The van der Waals surface area contributed by atoms with Crippen LogP contribution in [0.4, 0.5) is 5.69 Å². The highest BCUT2D eigenvalue weighted by atomic mass is 32.2. The molecule has 2 aromatic carbocycles. The molecule has 27 heavy (non-hydrogen) atoms. The van der Waals surface area contributed by atoms with Crippen molar-refractivity contribution in [2.45, 2.75) is 38.3 Å². The van der Waals surface area contributed by atoms with Gasteiger partial charge in [-0.15, -0.1) is 0 Å². The molecule has 4 rings (SSSR count). The van der Waals surface area contributed by atoms with Crippen LogP contribution in [0.25, 0.3) is 0 Å². The van der Waals surface area contributed by atoms with Crippen molar-refractivity contribution in [2.75, 3.05) is 10.6 Å². The molecule has 1 fully saturated rings. The molecule has 5 nitrogen and oxygen atoms in total. The molecule has 0 saturated heterocycles. The second-order valence-corrected chi connectivity index (χ2v) is 9.51. The number of sulfonamides is 1. The van der Waals surface area contributed by atoms with Gasteiger partial charge < -0.3 is 5.32 Å². The van der Waals surface area contributed by atoms with E-state index in [1.165, 1.54) is 10.6 Å². The Morgan fingerprint density at radius 2 is 1.85 bits per heavy atom. The van der Waals surface area contributed by atoms with Crippen molar-refractivity contribution in [1.82, 2.24) is 5.32 Å². The molecule has 1 aliphatic heterocycles. The van der Waals surface area contributed by atoms with Gasteiger partial charge in [0.05, 0.1) is 18.0 Å². The smallest absolute Gasteiger partial charge is 0.251 e. The average molecular weight is 385 g/mol. The zero-order valence-electron chi connectivity index (χ0n) is 15.6. The van der Waals surface area contributed by atoms with Crippen LogP contribution in [0.2, 0.25) is 0 Å². The van der Waals surface area contributed by atoms with Gasteiger partial charge in [0.2, 0.25) is 10.0 Å². The maximum absolute atomic E-state index is 12.9. The van der Waals surface area contributed by atoms with Gasteiger partial charge in [0.1, 0.15) is 0 Å². The van der Waals surface area contributed by atoms with Crippen LogP contribution in [0, 0.1) is 5.92 Å². The Labute approximate surface area is 160 Å². The van der Waals surface area contributed by atoms with E-state index in [0.29, 0.717) is 23.6 Å². The number of anilines is 1. The zero-order chi connectivity index (χ0) is 19.2. The van der Waals surface area contributed by atoms with Crippen LogP contribution in [0.5, 0.6) is 0 Å². The summed E-state index contributed by atoms with van der Waals surface area (Å²) in [6.07, 6.45) is 4.10. The number of carbonyl (C=O) groups excluding carboxylic acids is 1. The Bertz CT molecular complexity index is 968. The van der Waals surface area contributed by atoms with E-state index in [1.54, 1.807) is 12.1 Å². The molecule has 0 aromatic heterocycles. The molecular formula is C21H24N2O3S. The van der Waals surface area contributed by atoms with E-state index in [0.717, 1.165) is 24.0 Å². The predicted molar refractivity (Wildman–Crippen MR) is 106 cm³/mol. The van der Waals surface area contributed by atoms with E-state index in [2.05, 4.69) is 17.4 Å². The summed E-state index contributed by atoms with van der Waals surface area (Å²) < 4.78 is 25.6. The molecule has 0 bridgehead atoms. The molecule has 1 aliphatic carbocycles. The van der Waals surface area contributed by atoms with Crippen LogP contribution < -0.4 is 9.62 Å². The first-order chi connectivity index (χ1) is 12.8. The molecule has 0 radical (unpaired) electrons. The fourth-order valence-corrected chi connectivity index (χ4v) is 5.30. The van der Waals surface area contributed by atoms with Crippen molar-refractivity contribution in [1.29, 1.82) is 0 Å². The standard InChI is InChI=1S/C21H24N2O3S/c1-14-12-18-13-17(10-11-19(18)23(14)27(2,25)26)21(24)22-20(16-8-9-16)15-6-4-3-5-7-15/h3-7,10-11,13-14,16,20H,8-9,12H2,1-2H3,(H,22,24). The average Bonchev–Trinajstić information content (AvgIpc) is 3.40. The fourth-order valence-electron chi connectivity index (χ4n) is 4.04. The summed E-state index contributed by atoms with van der Waals surface area (Å²) in [5.41, 5.74) is 3.30. The first-order valence-electron chi connectivity index (χ1n) is 9.33. The van der Waals surface area contributed by atoms with Crippen LogP contribution in [0.1, 0.15) is 47.3 Å². The summed E-state index contributed by atoms with van der Waals surface area (Å²) >= 11 is 0. The van der Waals surface area contributed by atoms with Crippen molar-refractivity contribution in [3.05, 3.63) is 65.2 Å². The maximum Gasteiger partial charge on any atom is 0.251 e. The van der Waals surface area contributed by atoms with Crippen LogP contribution in [-0.2, 0) is 16.4 Å². The van der Waals surface area contributed by atoms with E-state index in [9.17, 15) is 13.2 Å². The Morgan fingerprint density at radius 1 is 1.15 bits per heavy atom. The van der Waals surface area contributed by atoms with Crippen LogP contribution >= 0.6 is 0 Å². The lowest BCUT2D eigenvalue weighted by molar-refractivity contribution is 0.0931. The highest BCUT2D eigenvalue weighted by molar-refractivity contribution is 7.92. The number of fused-ring (bicyclic) bond motifs is 1. The van der Waals surface area contributed by atoms with Crippen molar-refractivity contribution in [3.63, 3.8) is 0 Å². The summed E-state index contributed by atoms with van der Waals surface area (Å²) in [4.78, 5) is 12.9. The first kappa shape index (κ1) is 18.0. The van der Waals surface area contributed by atoms with Gasteiger partial charge in [-0.05, 0) is 61.4 Å². The van der Waals surface area contributed by atoms with Gasteiger partial charge in [0.25, 0.3) is 5.91 Å². The second-order valence-electron chi connectivity index (χ2n) is 7.65. The van der Waals surface area contributed by atoms with Gasteiger partial charge in [-0.25, -0.2) is 8.42 Å². The minimum absolute atomic E-state index is 0.0263. The van der Waals surface area contributed by atoms with Crippen molar-refractivity contribution < 1.29 is 13.2 Å². The molecule has 1 amide bonds. The number of nitrogens with zero attached hydrogens (tertiary/aromatic N) is 1. The maximum atomic E-state index is 12.9. The van der Waals surface area contributed by atoms with E-state index >= 15 is 0 Å². The minimum Gasteiger partial charge on any atom is -0.345 e. The Hall–Kier alpha value is -2.34. The van der Waals surface area contributed by atoms with E-state index in [1.807, 2.05) is 31.2 Å². The Balaban J connectivity index is 1.58. The molecule has 2 aromatic rings. The summed E-state index contributed by atoms with van der Waals surface area (Å²) in [6, 6.07) is 15.3. The molecule has 1 N–H and O–H groups in total. The quantitative estimate of drug-likeness (QED) is 0.860. The minimum atomic E-state index is -3.32. The van der Waals surface area contributed by atoms with Crippen LogP contribution in [0.3, 0.4) is 0 Å². The lowest BCUT2D eigenvalue weighted by Crippen LogP contribution is -2.34. The molecule has 1 heterocycles. The number of nitrogens with one attached hydrogen (secondary N) is 1. The van der Waals surface area contributed by atoms with Gasteiger partial charge in [-0.2, -0.15) is 0 Å². The van der Waals surface area contributed by atoms with E-state index < -0.39 is 10.0 Å². The first-order valence-corrected chi connectivity index (χ1v) is 11.2. The third-order valence-electron chi connectivity index (χ3n) is 5.39. The third kappa shape index (κ3) is 3.58.